The number of nitrogens with zero attached hydrogens (tertiary/aromatic N) is 2. The molecule has 0 unspecified atom stereocenters. The van der Waals surface area contributed by atoms with Gasteiger partial charge in [0, 0.05) is 13.1 Å². The van der Waals surface area contributed by atoms with E-state index in [-0.39, 0.29) is 11.7 Å². The van der Waals surface area contributed by atoms with Crippen LogP contribution in [-0.2, 0) is 12.8 Å². The van der Waals surface area contributed by atoms with Gasteiger partial charge >= 0.3 is 0 Å². The first-order chi connectivity index (χ1) is 13.7. The van der Waals surface area contributed by atoms with Crippen molar-refractivity contribution in [3.8, 4) is 0 Å². The van der Waals surface area contributed by atoms with Gasteiger partial charge in [0.2, 0.25) is 0 Å². The summed E-state index contributed by atoms with van der Waals surface area (Å²) in [5, 5.41) is 14.0. The second-order valence-corrected chi connectivity index (χ2v) is 6.45. The molecule has 0 aliphatic rings. The van der Waals surface area contributed by atoms with Gasteiger partial charge in [0.15, 0.2) is 5.69 Å². The standard InChI is InChI=1S/C22H23FN4O/c23-19-10-8-18(9-11-19)14-16-24-21-13-12-20(26-27-21)22(28)25-15-4-7-17-5-2-1-3-6-17/h1-3,5-6,8-13H,4,7,14-16H2,(H,24,27)(H,25,28). The minimum Gasteiger partial charge on any atom is -0.368 e. The number of hydrogen-bond donors (Lipinski definition) is 2. The number of carbonyl (C=O) groups is 1. The first-order valence-electron chi connectivity index (χ1n) is 9.35. The highest BCUT2D eigenvalue weighted by molar-refractivity contribution is 5.92. The highest BCUT2D eigenvalue weighted by Crippen LogP contribution is 2.06. The van der Waals surface area contributed by atoms with E-state index in [4.69, 9.17) is 0 Å². The lowest BCUT2D eigenvalue weighted by Gasteiger charge is -2.07. The van der Waals surface area contributed by atoms with Crippen LogP contribution in [0.3, 0.4) is 0 Å². The molecule has 1 heterocycles. The van der Waals surface area contributed by atoms with Crippen molar-refractivity contribution in [2.24, 2.45) is 0 Å². The molecule has 3 rings (SSSR count). The number of halogens is 1. The van der Waals surface area contributed by atoms with Gasteiger partial charge in [-0.2, -0.15) is 0 Å². The Balaban J connectivity index is 1.38. The van der Waals surface area contributed by atoms with Gasteiger partial charge in [0.25, 0.3) is 5.91 Å². The lowest BCUT2D eigenvalue weighted by atomic mass is 10.1. The number of benzene rings is 2. The molecule has 3 aromatic rings. The second-order valence-electron chi connectivity index (χ2n) is 6.45. The zero-order chi connectivity index (χ0) is 19.6. The van der Waals surface area contributed by atoms with Crippen molar-refractivity contribution in [3.63, 3.8) is 0 Å². The number of aryl methyl sites for hydroxylation is 1. The molecule has 5 nitrogen and oxygen atoms in total. The van der Waals surface area contributed by atoms with Crippen LogP contribution in [-0.4, -0.2) is 29.2 Å². The summed E-state index contributed by atoms with van der Waals surface area (Å²) in [6.45, 7) is 1.23. The van der Waals surface area contributed by atoms with Crippen molar-refractivity contribution in [3.05, 3.63) is 89.4 Å². The molecule has 0 aliphatic heterocycles. The van der Waals surface area contributed by atoms with E-state index >= 15 is 0 Å². The molecule has 0 saturated carbocycles. The molecule has 0 aliphatic carbocycles. The number of rotatable bonds is 9. The third-order valence-electron chi connectivity index (χ3n) is 4.30. The molecule has 0 atom stereocenters. The summed E-state index contributed by atoms with van der Waals surface area (Å²) >= 11 is 0. The topological polar surface area (TPSA) is 66.9 Å². The molecule has 2 N–H and O–H groups in total. The van der Waals surface area contributed by atoms with Gasteiger partial charge in [-0.15, -0.1) is 10.2 Å². The van der Waals surface area contributed by atoms with Crippen LogP contribution >= 0.6 is 0 Å². The minimum atomic E-state index is -0.239. The normalized spacial score (nSPS) is 10.5. The van der Waals surface area contributed by atoms with Crippen LogP contribution in [0.4, 0.5) is 10.2 Å². The Morgan fingerprint density at radius 2 is 1.57 bits per heavy atom. The number of aromatic nitrogens is 2. The second kappa shape index (κ2) is 10.2. The number of hydrogen-bond acceptors (Lipinski definition) is 4. The molecule has 1 aromatic heterocycles. The summed E-state index contributed by atoms with van der Waals surface area (Å²) in [7, 11) is 0. The van der Waals surface area contributed by atoms with E-state index in [1.165, 1.54) is 17.7 Å². The molecule has 2 aromatic carbocycles. The van der Waals surface area contributed by atoms with Crippen LogP contribution in [0.15, 0.2) is 66.7 Å². The monoisotopic (exact) mass is 378 g/mol. The Hall–Kier alpha value is -3.28. The van der Waals surface area contributed by atoms with E-state index in [1.807, 2.05) is 18.2 Å². The van der Waals surface area contributed by atoms with Crippen molar-refractivity contribution < 1.29 is 9.18 Å². The Bertz CT molecular complexity index is 867. The molecule has 1 amide bonds. The van der Waals surface area contributed by atoms with Crippen molar-refractivity contribution in [2.45, 2.75) is 19.3 Å². The van der Waals surface area contributed by atoms with Gasteiger partial charge in [0.05, 0.1) is 0 Å². The average Bonchev–Trinajstić information content (AvgIpc) is 2.74. The maximum atomic E-state index is 12.9. The van der Waals surface area contributed by atoms with Gasteiger partial charge in [-0.1, -0.05) is 42.5 Å². The van der Waals surface area contributed by atoms with E-state index in [0.29, 0.717) is 24.6 Å². The Morgan fingerprint density at radius 1 is 0.821 bits per heavy atom. The van der Waals surface area contributed by atoms with E-state index in [1.54, 1.807) is 24.3 Å². The lowest BCUT2D eigenvalue weighted by Crippen LogP contribution is -2.26. The Kier molecular flexibility index (Phi) is 7.07. The van der Waals surface area contributed by atoms with E-state index in [2.05, 4.69) is 33.0 Å². The smallest absolute Gasteiger partial charge is 0.271 e. The number of nitrogens with one attached hydrogen (secondary N) is 2. The predicted molar refractivity (Wildman–Crippen MR) is 108 cm³/mol. The highest BCUT2D eigenvalue weighted by Gasteiger charge is 2.07. The summed E-state index contributed by atoms with van der Waals surface area (Å²) < 4.78 is 12.9. The maximum Gasteiger partial charge on any atom is 0.271 e. The van der Waals surface area contributed by atoms with Crippen molar-refractivity contribution in [1.82, 2.24) is 15.5 Å². The largest absolute Gasteiger partial charge is 0.368 e. The molecular formula is C22H23FN4O. The third-order valence-corrected chi connectivity index (χ3v) is 4.30. The molecule has 0 fully saturated rings. The van der Waals surface area contributed by atoms with Gasteiger partial charge in [-0.25, -0.2) is 4.39 Å². The van der Waals surface area contributed by atoms with Gasteiger partial charge in [-0.3, -0.25) is 4.79 Å². The molecule has 28 heavy (non-hydrogen) atoms. The fraction of sp³-hybridized carbons (Fsp3) is 0.227. The van der Waals surface area contributed by atoms with E-state index in [0.717, 1.165) is 24.8 Å². The zero-order valence-electron chi connectivity index (χ0n) is 15.6. The molecule has 144 valence electrons. The van der Waals surface area contributed by atoms with Gasteiger partial charge < -0.3 is 10.6 Å². The van der Waals surface area contributed by atoms with Crippen LogP contribution in [0.5, 0.6) is 0 Å². The summed E-state index contributed by atoms with van der Waals surface area (Å²) in [5.41, 5.74) is 2.59. The summed E-state index contributed by atoms with van der Waals surface area (Å²) in [6, 6.07) is 20.0. The molecular weight excluding hydrogens is 355 g/mol. The average molecular weight is 378 g/mol. The van der Waals surface area contributed by atoms with Crippen molar-refractivity contribution in [1.29, 1.82) is 0 Å². The van der Waals surface area contributed by atoms with Gasteiger partial charge in [0.1, 0.15) is 11.6 Å². The van der Waals surface area contributed by atoms with Gasteiger partial charge in [-0.05, 0) is 54.7 Å². The summed E-state index contributed by atoms with van der Waals surface area (Å²) in [5.74, 6) is 0.137. The molecule has 0 spiro atoms. The SMILES string of the molecule is O=C(NCCCc1ccccc1)c1ccc(NCCc2ccc(F)cc2)nn1. The predicted octanol–water partition coefficient (Wildman–Crippen LogP) is 3.63. The zero-order valence-corrected chi connectivity index (χ0v) is 15.6. The van der Waals surface area contributed by atoms with E-state index < -0.39 is 0 Å². The van der Waals surface area contributed by atoms with E-state index in [9.17, 15) is 9.18 Å². The summed E-state index contributed by atoms with van der Waals surface area (Å²) in [6.07, 6.45) is 2.53. The van der Waals surface area contributed by atoms with Crippen LogP contribution in [0.2, 0.25) is 0 Å². The first-order valence-corrected chi connectivity index (χ1v) is 9.35. The third kappa shape index (κ3) is 6.16. The molecule has 0 saturated heterocycles. The fourth-order valence-corrected chi connectivity index (χ4v) is 2.76. The number of amides is 1. The number of carbonyl (C=O) groups excluding carboxylic acids is 1. The Morgan fingerprint density at radius 3 is 2.29 bits per heavy atom. The lowest BCUT2D eigenvalue weighted by molar-refractivity contribution is 0.0947. The highest BCUT2D eigenvalue weighted by atomic mass is 19.1. The quantitative estimate of drug-likeness (QED) is 0.558. The minimum absolute atomic E-state index is 0.224. The van der Waals surface area contributed by atoms with Crippen LogP contribution in [0, 0.1) is 5.82 Å². The van der Waals surface area contributed by atoms with Crippen LogP contribution in [0.1, 0.15) is 28.0 Å². The molecule has 0 radical (unpaired) electrons. The maximum absolute atomic E-state index is 12.9. The van der Waals surface area contributed by atoms with Crippen LogP contribution < -0.4 is 10.6 Å². The van der Waals surface area contributed by atoms with Crippen molar-refractivity contribution >= 4 is 11.7 Å². The van der Waals surface area contributed by atoms with Crippen LogP contribution in [0.25, 0.3) is 0 Å². The van der Waals surface area contributed by atoms with Crippen molar-refractivity contribution in [2.75, 3.05) is 18.4 Å². The fourth-order valence-electron chi connectivity index (χ4n) is 2.76. The molecule has 6 heteroatoms. The first kappa shape index (κ1) is 19.5. The number of anilines is 1. The molecule has 0 bridgehead atoms. The Labute approximate surface area is 164 Å². The summed E-state index contributed by atoms with van der Waals surface area (Å²) in [4.78, 5) is 12.1.